The zero-order chi connectivity index (χ0) is 13.2. The Hall–Kier alpha value is -1.28. The summed E-state index contributed by atoms with van der Waals surface area (Å²) in [5.74, 6) is 1.36. The lowest BCUT2D eigenvalue weighted by atomic mass is 9.97. The van der Waals surface area contributed by atoms with Crippen LogP contribution in [0.15, 0.2) is 30.3 Å². The molecule has 0 aromatic heterocycles. The average molecular weight is 248 g/mol. The maximum atomic E-state index is 9.05. The lowest BCUT2D eigenvalue weighted by molar-refractivity contribution is 0.265. The lowest BCUT2D eigenvalue weighted by Gasteiger charge is -2.10. The highest BCUT2D eigenvalue weighted by molar-refractivity contribution is 5.50. The number of hydrogen-bond acceptors (Lipinski definition) is 2. The second kappa shape index (κ2) is 8.76. The van der Waals surface area contributed by atoms with Crippen molar-refractivity contribution in [1.29, 1.82) is 0 Å². The summed E-state index contributed by atoms with van der Waals surface area (Å²) in [6.45, 7) is 2.46. The van der Waals surface area contributed by atoms with Crippen molar-refractivity contribution in [1.82, 2.24) is 0 Å². The molecule has 1 rings (SSSR count). The highest BCUT2D eigenvalue weighted by atomic mass is 16.5. The van der Waals surface area contributed by atoms with Gasteiger partial charge in [0.1, 0.15) is 5.75 Å². The van der Waals surface area contributed by atoms with Crippen molar-refractivity contribution < 1.29 is 9.84 Å². The molecule has 0 radical (unpaired) electrons. The highest BCUT2D eigenvalue weighted by Gasteiger charge is 2.03. The van der Waals surface area contributed by atoms with E-state index in [4.69, 9.17) is 9.84 Å². The van der Waals surface area contributed by atoms with Gasteiger partial charge in [-0.15, -0.1) is 0 Å². The van der Waals surface area contributed by atoms with Crippen LogP contribution in [-0.4, -0.2) is 18.8 Å². The van der Waals surface area contributed by atoms with Crippen molar-refractivity contribution in [3.63, 3.8) is 0 Å². The molecule has 1 aromatic carbocycles. The summed E-state index contributed by atoms with van der Waals surface area (Å²) in [5.41, 5.74) is 1.18. The Kier molecular flexibility index (Phi) is 7.19. The quantitative estimate of drug-likeness (QED) is 0.756. The monoisotopic (exact) mass is 248 g/mol. The zero-order valence-corrected chi connectivity index (χ0v) is 11.4. The van der Waals surface area contributed by atoms with Crippen LogP contribution in [0.4, 0.5) is 0 Å². The minimum atomic E-state index is 0.265. The maximum absolute atomic E-state index is 9.05. The molecule has 0 bridgehead atoms. The molecular weight excluding hydrogens is 224 g/mol. The lowest BCUT2D eigenvalue weighted by Crippen LogP contribution is -1.99. The third kappa shape index (κ3) is 5.37. The average Bonchev–Trinajstić information content (AvgIpc) is 2.42. The number of methoxy groups -OCH3 is 1. The van der Waals surface area contributed by atoms with Gasteiger partial charge in [-0.3, -0.25) is 0 Å². The molecule has 1 atom stereocenters. The van der Waals surface area contributed by atoms with E-state index in [0.717, 1.165) is 18.6 Å². The molecule has 1 unspecified atom stereocenters. The summed E-state index contributed by atoms with van der Waals surface area (Å²) in [4.78, 5) is 0. The van der Waals surface area contributed by atoms with Crippen molar-refractivity contribution >= 4 is 6.08 Å². The van der Waals surface area contributed by atoms with Gasteiger partial charge in [0.15, 0.2) is 0 Å². The Morgan fingerprint density at radius 1 is 1.22 bits per heavy atom. The number of hydrogen-bond donors (Lipinski definition) is 1. The summed E-state index contributed by atoms with van der Waals surface area (Å²) in [7, 11) is 1.67. The van der Waals surface area contributed by atoms with E-state index in [9.17, 15) is 0 Å². The Bertz CT molecular complexity index is 341. The first-order valence-corrected chi connectivity index (χ1v) is 6.73. The molecule has 1 N–H and O–H groups in total. The van der Waals surface area contributed by atoms with Gasteiger partial charge >= 0.3 is 0 Å². The van der Waals surface area contributed by atoms with Gasteiger partial charge in [-0.2, -0.15) is 0 Å². The van der Waals surface area contributed by atoms with Gasteiger partial charge in [-0.25, -0.2) is 0 Å². The number of unbranched alkanes of at least 4 members (excludes halogenated alkanes) is 1. The molecule has 18 heavy (non-hydrogen) atoms. The molecule has 2 nitrogen and oxygen atoms in total. The van der Waals surface area contributed by atoms with Gasteiger partial charge in [0.05, 0.1) is 7.11 Å². The van der Waals surface area contributed by atoms with Gasteiger partial charge in [-0.05, 0) is 36.5 Å². The third-order valence-electron chi connectivity index (χ3n) is 3.11. The van der Waals surface area contributed by atoms with E-state index in [1.807, 2.05) is 24.3 Å². The normalized spacial score (nSPS) is 12.8. The van der Waals surface area contributed by atoms with E-state index in [-0.39, 0.29) is 6.61 Å². The van der Waals surface area contributed by atoms with Gasteiger partial charge < -0.3 is 9.84 Å². The summed E-state index contributed by atoms with van der Waals surface area (Å²) in [6.07, 6.45) is 8.79. The molecule has 2 heteroatoms. The summed E-state index contributed by atoms with van der Waals surface area (Å²) < 4.78 is 5.13. The fourth-order valence-corrected chi connectivity index (χ4v) is 1.93. The SMILES string of the molecule is CCCCC(/C=C/c1ccc(OC)cc1)CCO. The highest BCUT2D eigenvalue weighted by Crippen LogP contribution is 2.17. The van der Waals surface area contributed by atoms with Crippen LogP contribution >= 0.6 is 0 Å². The summed E-state index contributed by atoms with van der Waals surface area (Å²) in [6, 6.07) is 8.02. The van der Waals surface area contributed by atoms with Crippen LogP contribution in [0.2, 0.25) is 0 Å². The minimum absolute atomic E-state index is 0.265. The van der Waals surface area contributed by atoms with Crippen LogP contribution < -0.4 is 4.74 Å². The molecule has 0 saturated heterocycles. The van der Waals surface area contributed by atoms with Crippen LogP contribution in [0.3, 0.4) is 0 Å². The van der Waals surface area contributed by atoms with Gasteiger partial charge in [0.25, 0.3) is 0 Å². The molecule has 0 amide bonds. The molecule has 0 heterocycles. The van der Waals surface area contributed by atoms with E-state index in [2.05, 4.69) is 19.1 Å². The molecule has 1 aromatic rings. The predicted octanol–water partition coefficient (Wildman–Crippen LogP) is 3.90. The first-order valence-electron chi connectivity index (χ1n) is 6.73. The molecule has 0 spiro atoms. The van der Waals surface area contributed by atoms with Crippen molar-refractivity contribution in [2.45, 2.75) is 32.6 Å². The minimum Gasteiger partial charge on any atom is -0.497 e. The van der Waals surface area contributed by atoms with Crippen molar-refractivity contribution in [3.05, 3.63) is 35.9 Å². The van der Waals surface area contributed by atoms with Crippen LogP contribution in [0, 0.1) is 5.92 Å². The largest absolute Gasteiger partial charge is 0.497 e. The topological polar surface area (TPSA) is 29.5 Å². The summed E-state index contributed by atoms with van der Waals surface area (Å²) in [5, 5.41) is 9.05. The van der Waals surface area contributed by atoms with Crippen molar-refractivity contribution in [3.8, 4) is 5.75 Å². The van der Waals surface area contributed by atoms with Crippen LogP contribution in [0.5, 0.6) is 5.75 Å². The molecule has 100 valence electrons. The number of rotatable bonds is 8. The second-order valence-electron chi connectivity index (χ2n) is 4.55. The third-order valence-corrected chi connectivity index (χ3v) is 3.11. The standard InChI is InChI=1S/C16H24O2/c1-3-4-5-14(12-13-17)6-7-15-8-10-16(18-2)11-9-15/h6-11,14,17H,3-5,12-13H2,1-2H3/b7-6+. The first-order chi connectivity index (χ1) is 8.80. The number of aliphatic hydroxyl groups is 1. The smallest absolute Gasteiger partial charge is 0.118 e. The van der Waals surface area contributed by atoms with Crippen molar-refractivity contribution in [2.75, 3.05) is 13.7 Å². The zero-order valence-electron chi connectivity index (χ0n) is 11.4. The molecule has 0 aliphatic carbocycles. The Balaban J connectivity index is 2.57. The van der Waals surface area contributed by atoms with Gasteiger partial charge in [0.2, 0.25) is 0 Å². The van der Waals surface area contributed by atoms with Gasteiger partial charge in [0, 0.05) is 6.61 Å². The molecule has 0 aliphatic heterocycles. The van der Waals surface area contributed by atoms with E-state index in [1.165, 1.54) is 18.4 Å². The number of allylic oxidation sites excluding steroid dienone is 1. The van der Waals surface area contributed by atoms with Crippen LogP contribution in [-0.2, 0) is 0 Å². The van der Waals surface area contributed by atoms with E-state index >= 15 is 0 Å². The molecule has 0 fully saturated rings. The van der Waals surface area contributed by atoms with E-state index in [1.54, 1.807) is 7.11 Å². The number of aliphatic hydroxyl groups excluding tert-OH is 1. The first kappa shape index (κ1) is 14.8. The van der Waals surface area contributed by atoms with E-state index < -0.39 is 0 Å². The Morgan fingerprint density at radius 2 is 1.94 bits per heavy atom. The fraction of sp³-hybridized carbons (Fsp3) is 0.500. The van der Waals surface area contributed by atoms with Crippen LogP contribution in [0.25, 0.3) is 6.08 Å². The second-order valence-corrected chi connectivity index (χ2v) is 4.55. The van der Waals surface area contributed by atoms with Crippen molar-refractivity contribution in [2.24, 2.45) is 5.92 Å². The molecule has 0 saturated carbocycles. The summed E-state index contributed by atoms with van der Waals surface area (Å²) >= 11 is 0. The number of ether oxygens (including phenoxy) is 1. The Labute approximate surface area is 110 Å². The van der Waals surface area contributed by atoms with Crippen LogP contribution in [0.1, 0.15) is 38.2 Å². The fourth-order valence-electron chi connectivity index (χ4n) is 1.93. The van der Waals surface area contributed by atoms with Gasteiger partial charge in [-0.1, -0.05) is 44.1 Å². The Morgan fingerprint density at radius 3 is 2.50 bits per heavy atom. The maximum Gasteiger partial charge on any atom is 0.118 e. The van der Waals surface area contributed by atoms with E-state index in [0.29, 0.717) is 5.92 Å². The predicted molar refractivity (Wildman–Crippen MR) is 76.7 cm³/mol. The number of benzene rings is 1. The molecular formula is C16H24O2. The molecule has 0 aliphatic rings.